The number of ether oxygens (including phenoxy) is 5. The lowest BCUT2D eigenvalue weighted by atomic mass is 9.89. The first-order valence-corrected chi connectivity index (χ1v) is 14.5. The fourth-order valence-electron chi connectivity index (χ4n) is 5.97. The summed E-state index contributed by atoms with van der Waals surface area (Å²) >= 11 is 0. The molecule has 1 aromatic carbocycles. The van der Waals surface area contributed by atoms with Gasteiger partial charge in [0.1, 0.15) is 35.5 Å². The molecule has 2 fully saturated rings. The first kappa shape index (κ1) is 31.0. The molecule has 0 bridgehead atoms. The monoisotopic (exact) mass is 600 g/mol. The number of hydrogen-bond donors (Lipinski definition) is 3. The second-order valence-electron chi connectivity index (χ2n) is 11.6. The number of H-pyrrole nitrogens is 1. The van der Waals surface area contributed by atoms with Crippen LogP contribution in [0.5, 0.6) is 11.5 Å². The van der Waals surface area contributed by atoms with E-state index >= 15 is 0 Å². The summed E-state index contributed by atoms with van der Waals surface area (Å²) in [5, 5.41) is 21.5. The standard InChI is InChI=1S/C31H40N2O10/c1-17-8-10-21(32-17)29(37)42-27-25(36)30(43-31(3,4)28(27)38-5)40-22-11-9-20-23(15-24(35)41-26(20)18(22)2)39-14-13-33-12-6-7-19(33)16-34/h8-11,15,19,25,27-28,30,32,34,36H,6-7,12-14,16H2,1-5H3/t19-,25+,27-,28+,30+/m0/s1. The minimum Gasteiger partial charge on any atom is -0.491 e. The number of aliphatic hydroxyl groups excluding tert-OH is 2. The Hall–Kier alpha value is -3.42. The van der Waals surface area contributed by atoms with Crippen molar-refractivity contribution in [3.63, 3.8) is 0 Å². The SMILES string of the molecule is CO[C@@H]1[C@@H](OC(=O)c2ccc(C)[nH]2)[C@@H](O)[C@H](Oc2ccc3c(OCCN4CCC[C@H]4CO)cc(=O)oc3c2C)OC1(C)C. The fraction of sp³-hybridized carbons (Fsp3) is 0.548. The molecule has 3 aromatic rings. The summed E-state index contributed by atoms with van der Waals surface area (Å²) in [5.41, 5.74) is 0.211. The molecule has 0 unspecified atom stereocenters. The molecule has 234 valence electrons. The number of aliphatic hydroxyl groups is 2. The van der Waals surface area contributed by atoms with Crippen LogP contribution in [-0.4, -0.2) is 95.7 Å². The molecule has 2 aromatic heterocycles. The Morgan fingerprint density at radius 2 is 1.98 bits per heavy atom. The molecule has 5 atom stereocenters. The highest BCUT2D eigenvalue weighted by atomic mass is 16.7. The maximum atomic E-state index is 12.9. The van der Waals surface area contributed by atoms with Crippen LogP contribution >= 0.6 is 0 Å². The highest BCUT2D eigenvalue weighted by Crippen LogP contribution is 2.37. The molecule has 2 saturated heterocycles. The Morgan fingerprint density at radius 3 is 2.67 bits per heavy atom. The molecule has 4 heterocycles. The third-order valence-electron chi connectivity index (χ3n) is 8.23. The van der Waals surface area contributed by atoms with E-state index in [2.05, 4.69) is 9.88 Å². The number of methoxy groups -OCH3 is 1. The Kier molecular flexibility index (Phi) is 9.14. The van der Waals surface area contributed by atoms with E-state index in [1.165, 1.54) is 13.2 Å². The van der Waals surface area contributed by atoms with Crippen LogP contribution in [0.1, 0.15) is 48.4 Å². The van der Waals surface area contributed by atoms with Gasteiger partial charge in [0, 0.05) is 31.0 Å². The van der Waals surface area contributed by atoms with Crippen molar-refractivity contribution in [3.8, 4) is 11.5 Å². The average molecular weight is 601 g/mol. The summed E-state index contributed by atoms with van der Waals surface area (Å²) in [6, 6.07) is 8.18. The van der Waals surface area contributed by atoms with E-state index in [1.54, 1.807) is 45.0 Å². The van der Waals surface area contributed by atoms with Gasteiger partial charge in [-0.1, -0.05) is 0 Å². The summed E-state index contributed by atoms with van der Waals surface area (Å²) in [6.07, 6.45) is -2.59. The molecule has 0 amide bonds. The molecular formula is C31H40N2O10. The number of carbonyl (C=O) groups is 1. The zero-order valence-electron chi connectivity index (χ0n) is 25.1. The van der Waals surface area contributed by atoms with Crippen molar-refractivity contribution in [1.82, 2.24) is 9.88 Å². The second-order valence-corrected chi connectivity index (χ2v) is 11.6. The number of aromatic amines is 1. The largest absolute Gasteiger partial charge is 0.491 e. The van der Waals surface area contributed by atoms with Gasteiger partial charge in [0.05, 0.1) is 23.7 Å². The van der Waals surface area contributed by atoms with Crippen molar-refractivity contribution >= 4 is 16.9 Å². The average Bonchev–Trinajstić information content (AvgIpc) is 3.61. The zero-order chi connectivity index (χ0) is 30.9. The van der Waals surface area contributed by atoms with Gasteiger partial charge in [-0.15, -0.1) is 0 Å². The number of nitrogens with zero attached hydrogens (tertiary/aromatic N) is 1. The van der Waals surface area contributed by atoms with Gasteiger partial charge in [-0.3, -0.25) is 4.90 Å². The van der Waals surface area contributed by atoms with Crippen molar-refractivity contribution in [1.29, 1.82) is 0 Å². The molecule has 2 aliphatic heterocycles. The topological polar surface area (TPSA) is 153 Å². The molecule has 3 N–H and O–H groups in total. The van der Waals surface area contributed by atoms with E-state index in [0.29, 0.717) is 35.6 Å². The van der Waals surface area contributed by atoms with Gasteiger partial charge in [-0.05, 0) is 71.3 Å². The first-order valence-electron chi connectivity index (χ1n) is 14.5. The number of nitrogens with one attached hydrogen (secondary N) is 1. The van der Waals surface area contributed by atoms with Crippen LogP contribution in [0.4, 0.5) is 0 Å². The lowest BCUT2D eigenvalue weighted by Crippen LogP contribution is -2.65. The molecule has 43 heavy (non-hydrogen) atoms. The number of aromatic nitrogens is 1. The van der Waals surface area contributed by atoms with Gasteiger partial charge in [-0.25, -0.2) is 9.59 Å². The summed E-state index contributed by atoms with van der Waals surface area (Å²) in [6.45, 7) is 9.02. The summed E-state index contributed by atoms with van der Waals surface area (Å²) in [5.74, 6) is 0.0325. The molecule has 12 heteroatoms. The van der Waals surface area contributed by atoms with Gasteiger partial charge < -0.3 is 43.3 Å². The third kappa shape index (κ3) is 6.43. The highest BCUT2D eigenvalue weighted by Gasteiger charge is 2.53. The van der Waals surface area contributed by atoms with Gasteiger partial charge in [0.15, 0.2) is 12.2 Å². The van der Waals surface area contributed by atoms with Gasteiger partial charge in [-0.2, -0.15) is 0 Å². The lowest BCUT2D eigenvalue weighted by Gasteiger charge is -2.47. The number of rotatable bonds is 10. The van der Waals surface area contributed by atoms with Crippen LogP contribution in [0.15, 0.2) is 39.5 Å². The number of aryl methyl sites for hydroxylation is 2. The number of carbonyl (C=O) groups excluding carboxylic acids is 1. The van der Waals surface area contributed by atoms with E-state index in [4.69, 9.17) is 28.1 Å². The summed E-state index contributed by atoms with van der Waals surface area (Å²) < 4.78 is 35.2. The maximum Gasteiger partial charge on any atom is 0.355 e. The molecule has 12 nitrogen and oxygen atoms in total. The van der Waals surface area contributed by atoms with Crippen LogP contribution in [0.25, 0.3) is 11.0 Å². The van der Waals surface area contributed by atoms with E-state index in [9.17, 15) is 19.8 Å². The molecule has 2 aliphatic rings. The maximum absolute atomic E-state index is 12.9. The van der Waals surface area contributed by atoms with E-state index in [1.807, 2.05) is 6.92 Å². The van der Waals surface area contributed by atoms with E-state index < -0.39 is 41.8 Å². The van der Waals surface area contributed by atoms with Crippen molar-refractivity contribution in [2.24, 2.45) is 0 Å². The van der Waals surface area contributed by atoms with Crippen LogP contribution in [-0.2, 0) is 14.2 Å². The third-order valence-corrected chi connectivity index (χ3v) is 8.23. The molecular weight excluding hydrogens is 560 g/mol. The normalized spacial score (nSPS) is 25.6. The highest BCUT2D eigenvalue weighted by molar-refractivity contribution is 5.88. The minimum atomic E-state index is -1.41. The molecule has 0 spiro atoms. The zero-order valence-corrected chi connectivity index (χ0v) is 25.1. The molecule has 0 saturated carbocycles. The van der Waals surface area contributed by atoms with Crippen LogP contribution in [0.3, 0.4) is 0 Å². The number of hydrogen-bond acceptors (Lipinski definition) is 11. The van der Waals surface area contributed by atoms with Crippen LogP contribution in [0.2, 0.25) is 0 Å². The number of likely N-dealkylation sites (tertiary alicyclic amines) is 1. The fourth-order valence-corrected chi connectivity index (χ4v) is 5.97. The van der Waals surface area contributed by atoms with E-state index in [0.717, 1.165) is 25.1 Å². The summed E-state index contributed by atoms with van der Waals surface area (Å²) in [7, 11) is 1.45. The van der Waals surface area contributed by atoms with Crippen molar-refractivity contribution in [2.45, 2.75) is 76.8 Å². The van der Waals surface area contributed by atoms with Crippen molar-refractivity contribution in [2.75, 3.05) is 33.4 Å². The van der Waals surface area contributed by atoms with Crippen molar-refractivity contribution in [3.05, 3.63) is 57.7 Å². The second kappa shape index (κ2) is 12.7. The molecule has 5 rings (SSSR count). The van der Waals surface area contributed by atoms with Gasteiger partial charge in [0.25, 0.3) is 0 Å². The van der Waals surface area contributed by atoms with Crippen LogP contribution in [0, 0.1) is 13.8 Å². The smallest absolute Gasteiger partial charge is 0.355 e. The Bertz CT molecular complexity index is 1500. The Balaban J connectivity index is 1.36. The first-order chi connectivity index (χ1) is 20.5. The predicted octanol–water partition coefficient (Wildman–Crippen LogP) is 2.69. The molecule has 0 aliphatic carbocycles. The lowest BCUT2D eigenvalue weighted by molar-refractivity contribution is -0.305. The number of esters is 1. The Morgan fingerprint density at radius 1 is 1.19 bits per heavy atom. The van der Waals surface area contributed by atoms with Gasteiger partial charge >= 0.3 is 11.6 Å². The Labute approximate surface area is 249 Å². The quantitative estimate of drug-likeness (QED) is 0.233. The van der Waals surface area contributed by atoms with E-state index in [-0.39, 0.29) is 23.9 Å². The minimum absolute atomic E-state index is 0.109. The van der Waals surface area contributed by atoms with Crippen LogP contribution < -0.4 is 15.1 Å². The van der Waals surface area contributed by atoms with Gasteiger partial charge in [0.2, 0.25) is 6.29 Å². The predicted molar refractivity (Wildman–Crippen MR) is 156 cm³/mol. The molecule has 0 radical (unpaired) electrons. The number of benzene rings is 1. The van der Waals surface area contributed by atoms with Crippen molar-refractivity contribution < 1.29 is 43.1 Å². The summed E-state index contributed by atoms with van der Waals surface area (Å²) in [4.78, 5) is 30.5. The number of fused-ring (bicyclic) bond motifs is 1.